The molecule has 8 nitrogen and oxygen atoms in total. The average molecular weight is 430 g/mol. The highest BCUT2D eigenvalue weighted by Gasteiger charge is 2.54. The van der Waals surface area contributed by atoms with Crippen LogP contribution >= 0.6 is 0 Å². The summed E-state index contributed by atoms with van der Waals surface area (Å²) >= 11 is 0. The van der Waals surface area contributed by atoms with Crippen LogP contribution in [0.1, 0.15) is 24.0 Å². The minimum atomic E-state index is 0.158. The topological polar surface area (TPSA) is 74.6 Å². The van der Waals surface area contributed by atoms with Crippen molar-refractivity contribution in [3.05, 3.63) is 66.1 Å². The van der Waals surface area contributed by atoms with E-state index in [4.69, 9.17) is 9.72 Å². The number of nitrogens with zero attached hydrogens (tertiary/aromatic N) is 6. The van der Waals surface area contributed by atoms with Crippen molar-refractivity contribution in [3.8, 4) is 0 Å². The Morgan fingerprint density at radius 3 is 3.03 bits per heavy atom. The van der Waals surface area contributed by atoms with E-state index in [9.17, 15) is 0 Å². The summed E-state index contributed by atoms with van der Waals surface area (Å²) in [4.78, 5) is 14.1. The van der Waals surface area contributed by atoms with Gasteiger partial charge < -0.3 is 19.9 Å². The molecular formula is C24H27N7O. The second-order valence-electron chi connectivity index (χ2n) is 8.64. The van der Waals surface area contributed by atoms with Crippen molar-refractivity contribution in [1.82, 2.24) is 19.7 Å². The molecule has 8 heteroatoms. The van der Waals surface area contributed by atoms with E-state index in [2.05, 4.69) is 62.7 Å². The lowest BCUT2D eigenvalue weighted by atomic mass is 10.1. The van der Waals surface area contributed by atoms with Crippen molar-refractivity contribution in [2.75, 3.05) is 28.7 Å². The summed E-state index contributed by atoms with van der Waals surface area (Å²) in [6.07, 6.45) is 12.9. The summed E-state index contributed by atoms with van der Waals surface area (Å²) in [5.74, 6) is 1.67. The molecule has 1 N–H and O–H groups in total. The Bertz CT molecular complexity index is 1130. The molecule has 0 amide bonds. The first-order chi connectivity index (χ1) is 15.8. The van der Waals surface area contributed by atoms with Crippen LogP contribution in [0.3, 0.4) is 0 Å². The van der Waals surface area contributed by atoms with Crippen LogP contribution in [0.4, 0.5) is 17.5 Å². The molecule has 0 saturated carbocycles. The first kappa shape index (κ1) is 19.3. The van der Waals surface area contributed by atoms with E-state index in [1.807, 2.05) is 35.3 Å². The predicted molar refractivity (Wildman–Crippen MR) is 124 cm³/mol. The first-order valence-corrected chi connectivity index (χ1v) is 11.2. The van der Waals surface area contributed by atoms with Crippen LogP contribution in [-0.4, -0.2) is 51.7 Å². The molecule has 0 bridgehead atoms. The van der Waals surface area contributed by atoms with E-state index >= 15 is 0 Å². The van der Waals surface area contributed by atoms with Gasteiger partial charge in [-0.05, 0) is 18.4 Å². The quantitative estimate of drug-likeness (QED) is 0.604. The van der Waals surface area contributed by atoms with Crippen molar-refractivity contribution < 1.29 is 4.74 Å². The maximum Gasteiger partial charge on any atom is 0.225 e. The van der Waals surface area contributed by atoms with Gasteiger partial charge in [0.2, 0.25) is 5.95 Å². The number of allylic oxidation sites excluding steroid dienone is 1. The lowest BCUT2D eigenvalue weighted by Gasteiger charge is -2.26. The number of anilines is 3. The molecule has 164 valence electrons. The fourth-order valence-corrected chi connectivity index (χ4v) is 4.79. The maximum atomic E-state index is 5.93. The normalized spacial score (nSPS) is 23.6. The number of ether oxygens (including phenoxy) is 1. The highest BCUT2D eigenvalue weighted by molar-refractivity contribution is 5.70. The van der Waals surface area contributed by atoms with E-state index in [1.165, 1.54) is 18.4 Å². The van der Waals surface area contributed by atoms with E-state index in [0.717, 1.165) is 30.2 Å². The summed E-state index contributed by atoms with van der Waals surface area (Å²) in [5, 5.41) is 7.84. The minimum absolute atomic E-state index is 0.158. The van der Waals surface area contributed by atoms with Gasteiger partial charge in [-0.25, -0.2) is 4.98 Å². The Morgan fingerprint density at radius 2 is 2.12 bits per heavy atom. The summed E-state index contributed by atoms with van der Waals surface area (Å²) in [7, 11) is 2.07. The third kappa shape index (κ3) is 3.60. The van der Waals surface area contributed by atoms with Gasteiger partial charge in [0.25, 0.3) is 0 Å². The molecule has 2 fully saturated rings. The number of aromatic nitrogens is 4. The van der Waals surface area contributed by atoms with Crippen LogP contribution in [0.5, 0.6) is 0 Å². The molecule has 3 atom stereocenters. The molecule has 3 aliphatic rings. The van der Waals surface area contributed by atoms with Crippen LogP contribution in [0.25, 0.3) is 6.08 Å². The van der Waals surface area contributed by atoms with Gasteiger partial charge in [-0.2, -0.15) is 10.1 Å². The van der Waals surface area contributed by atoms with Gasteiger partial charge in [-0.15, -0.1) is 0 Å². The standard InChI is InChI=1S/C24H27N7O/c1-29-20-15-26-24(28-22(20)31-12-6-10-19(31)21-23(29)32-21)25-13-18-14-27-30(16-18)11-5-9-17-7-3-2-4-8-17/h2-5,7-9,14-16,19,21,23H,6,10-13H2,1H3,(H,25,26,28)/b9-5+. The molecule has 0 radical (unpaired) electrons. The lowest BCUT2D eigenvalue weighted by molar-refractivity contribution is 0.342. The van der Waals surface area contributed by atoms with Crippen molar-refractivity contribution in [2.24, 2.45) is 0 Å². The summed E-state index contributed by atoms with van der Waals surface area (Å²) in [6.45, 7) is 2.39. The minimum Gasteiger partial charge on any atom is -0.350 e. The van der Waals surface area contributed by atoms with Crippen LogP contribution in [0.15, 0.2) is 55.0 Å². The summed E-state index contributed by atoms with van der Waals surface area (Å²) in [6, 6.07) is 10.7. The Morgan fingerprint density at radius 1 is 1.22 bits per heavy atom. The molecule has 6 rings (SSSR count). The van der Waals surface area contributed by atoms with Gasteiger partial charge in [0, 0.05) is 31.9 Å². The molecule has 0 aliphatic carbocycles. The Balaban J connectivity index is 1.12. The van der Waals surface area contributed by atoms with Gasteiger partial charge in [0.05, 0.1) is 25.0 Å². The number of epoxide rings is 1. The third-order valence-corrected chi connectivity index (χ3v) is 6.50. The first-order valence-electron chi connectivity index (χ1n) is 11.2. The van der Waals surface area contributed by atoms with Gasteiger partial charge in [0.1, 0.15) is 11.8 Å². The molecular weight excluding hydrogens is 402 g/mol. The molecule has 3 aromatic rings. The zero-order chi connectivity index (χ0) is 21.5. The monoisotopic (exact) mass is 429 g/mol. The average Bonchev–Trinajstić information content (AvgIpc) is 3.26. The van der Waals surface area contributed by atoms with Gasteiger partial charge >= 0.3 is 0 Å². The number of benzene rings is 1. The molecule has 1 aromatic carbocycles. The molecule has 0 spiro atoms. The molecule has 2 aromatic heterocycles. The van der Waals surface area contributed by atoms with E-state index < -0.39 is 0 Å². The molecule has 32 heavy (non-hydrogen) atoms. The SMILES string of the molecule is CN1c2cnc(NCc3cnn(C/C=C/c4ccccc4)c3)nc2N2CCCC2C2OC21. The zero-order valence-corrected chi connectivity index (χ0v) is 18.1. The molecule has 2 saturated heterocycles. The van der Waals surface area contributed by atoms with Crippen LogP contribution < -0.4 is 15.1 Å². The van der Waals surface area contributed by atoms with E-state index in [-0.39, 0.29) is 12.3 Å². The summed E-state index contributed by atoms with van der Waals surface area (Å²) < 4.78 is 7.87. The summed E-state index contributed by atoms with van der Waals surface area (Å²) in [5.41, 5.74) is 3.34. The van der Waals surface area contributed by atoms with Gasteiger partial charge in [-0.3, -0.25) is 4.68 Å². The van der Waals surface area contributed by atoms with E-state index in [1.54, 1.807) is 0 Å². The van der Waals surface area contributed by atoms with Crippen LogP contribution in [0, 0.1) is 0 Å². The Labute approximate surface area is 187 Å². The number of hydrogen-bond acceptors (Lipinski definition) is 7. The molecule has 5 heterocycles. The Hall–Kier alpha value is -3.39. The fourth-order valence-electron chi connectivity index (χ4n) is 4.79. The third-order valence-electron chi connectivity index (χ3n) is 6.50. The van der Waals surface area contributed by atoms with Gasteiger partial charge in [0.15, 0.2) is 12.0 Å². The van der Waals surface area contributed by atoms with E-state index in [0.29, 0.717) is 18.5 Å². The lowest BCUT2D eigenvalue weighted by Crippen LogP contribution is -2.34. The number of hydrogen-bond donors (Lipinski definition) is 1. The van der Waals surface area contributed by atoms with Crippen molar-refractivity contribution >= 4 is 23.5 Å². The molecule has 3 unspecified atom stereocenters. The maximum absolute atomic E-state index is 5.93. The van der Waals surface area contributed by atoms with Crippen molar-refractivity contribution in [3.63, 3.8) is 0 Å². The largest absolute Gasteiger partial charge is 0.350 e. The second-order valence-corrected chi connectivity index (χ2v) is 8.64. The predicted octanol–water partition coefficient (Wildman–Crippen LogP) is 3.14. The highest BCUT2D eigenvalue weighted by Crippen LogP contribution is 2.46. The molecule has 3 aliphatic heterocycles. The zero-order valence-electron chi connectivity index (χ0n) is 18.1. The van der Waals surface area contributed by atoms with Gasteiger partial charge in [-0.1, -0.05) is 42.5 Å². The van der Waals surface area contributed by atoms with Crippen molar-refractivity contribution in [1.29, 1.82) is 0 Å². The number of likely N-dealkylation sites (N-methyl/N-ethyl adjacent to an activating group) is 1. The number of nitrogens with one attached hydrogen (secondary N) is 1. The fraction of sp³-hybridized carbons (Fsp3) is 0.375. The van der Waals surface area contributed by atoms with Crippen molar-refractivity contribution in [2.45, 2.75) is 44.3 Å². The Kier molecular flexibility index (Phi) is 4.79. The van der Waals surface area contributed by atoms with Crippen LogP contribution in [-0.2, 0) is 17.8 Å². The second kappa shape index (κ2) is 7.94. The smallest absolute Gasteiger partial charge is 0.225 e. The number of rotatable bonds is 6. The highest BCUT2D eigenvalue weighted by atomic mass is 16.6. The number of fused-ring (bicyclic) bond motifs is 5. The van der Waals surface area contributed by atoms with Crippen LogP contribution in [0.2, 0.25) is 0 Å².